The number of rotatable bonds is 3. The standard InChI is InChI=1S/C22H22FN3O2/c23-15-7-5-14(6-8-15)17-13-18(17)21(27)25-11-9-16(10-12-25)26-20-4-2-1-3-19(20)24-22(26)28/h1-8,16-18H,9-13H2,(H,24,28)/t17-,18+/m0/s1. The lowest BCUT2D eigenvalue weighted by molar-refractivity contribution is -0.134. The van der Waals surface area contributed by atoms with Crippen molar-refractivity contribution < 1.29 is 9.18 Å². The first-order valence-corrected chi connectivity index (χ1v) is 9.85. The number of aromatic nitrogens is 2. The number of imidazole rings is 1. The molecule has 2 atom stereocenters. The molecule has 28 heavy (non-hydrogen) atoms. The molecule has 5 nitrogen and oxygen atoms in total. The highest BCUT2D eigenvalue weighted by atomic mass is 19.1. The molecule has 0 bridgehead atoms. The van der Waals surface area contributed by atoms with Crippen molar-refractivity contribution in [1.29, 1.82) is 0 Å². The highest BCUT2D eigenvalue weighted by Crippen LogP contribution is 2.48. The van der Waals surface area contributed by atoms with E-state index in [0.717, 1.165) is 35.9 Å². The Morgan fingerprint density at radius 2 is 1.75 bits per heavy atom. The fourth-order valence-electron chi connectivity index (χ4n) is 4.56. The number of halogens is 1. The van der Waals surface area contributed by atoms with Crippen LogP contribution in [0.25, 0.3) is 11.0 Å². The van der Waals surface area contributed by atoms with Gasteiger partial charge in [-0.1, -0.05) is 24.3 Å². The predicted molar refractivity (Wildman–Crippen MR) is 105 cm³/mol. The van der Waals surface area contributed by atoms with E-state index in [1.54, 1.807) is 12.1 Å². The summed E-state index contributed by atoms with van der Waals surface area (Å²) in [6, 6.07) is 14.3. The van der Waals surface area contributed by atoms with Crippen LogP contribution < -0.4 is 5.69 Å². The molecule has 2 fully saturated rings. The summed E-state index contributed by atoms with van der Waals surface area (Å²) in [6.45, 7) is 1.34. The van der Waals surface area contributed by atoms with Gasteiger partial charge in [-0.15, -0.1) is 0 Å². The van der Waals surface area contributed by atoms with E-state index in [1.807, 2.05) is 33.7 Å². The molecular formula is C22H22FN3O2. The summed E-state index contributed by atoms with van der Waals surface area (Å²) >= 11 is 0. The number of aromatic amines is 1. The van der Waals surface area contributed by atoms with E-state index < -0.39 is 0 Å². The Kier molecular flexibility index (Phi) is 4.07. The molecule has 6 heteroatoms. The number of fused-ring (bicyclic) bond motifs is 1. The van der Waals surface area contributed by atoms with E-state index in [2.05, 4.69) is 4.98 Å². The number of nitrogens with zero attached hydrogens (tertiary/aromatic N) is 2. The number of carbonyl (C=O) groups excluding carboxylic acids is 1. The summed E-state index contributed by atoms with van der Waals surface area (Å²) < 4.78 is 14.9. The highest BCUT2D eigenvalue weighted by molar-refractivity contribution is 5.83. The number of carbonyl (C=O) groups is 1. The first-order chi connectivity index (χ1) is 13.6. The van der Waals surface area contributed by atoms with Crippen molar-refractivity contribution in [2.24, 2.45) is 5.92 Å². The Balaban J connectivity index is 1.25. The second-order valence-corrected chi connectivity index (χ2v) is 7.87. The first-order valence-electron chi connectivity index (χ1n) is 9.85. The molecule has 1 saturated carbocycles. The van der Waals surface area contributed by atoms with Crippen LogP contribution in [0.5, 0.6) is 0 Å². The van der Waals surface area contributed by atoms with Crippen LogP contribution in [0.2, 0.25) is 0 Å². The van der Waals surface area contributed by atoms with Crippen LogP contribution in [0.4, 0.5) is 4.39 Å². The van der Waals surface area contributed by atoms with Gasteiger partial charge >= 0.3 is 5.69 Å². The Bertz CT molecular complexity index is 1080. The molecule has 1 amide bonds. The van der Waals surface area contributed by atoms with Crippen molar-refractivity contribution in [3.05, 3.63) is 70.4 Å². The monoisotopic (exact) mass is 379 g/mol. The average molecular weight is 379 g/mol. The number of benzene rings is 2. The largest absolute Gasteiger partial charge is 0.342 e. The van der Waals surface area contributed by atoms with Gasteiger partial charge in [-0.05, 0) is 55.0 Å². The fourth-order valence-corrected chi connectivity index (χ4v) is 4.56. The molecule has 2 aliphatic rings. The van der Waals surface area contributed by atoms with E-state index in [-0.39, 0.29) is 35.3 Å². The molecule has 1 N–H and O–H groups in total. The first kappa shape index (κ1) is 17.2. The van der Waals surface area contributed by atoms with Gasteiger partial charge in [0, 0.05) is 25.0 Å². The van der Waals surface area contributed by atoms with Gasteiger partial charge in [0.2, 0.25) is 5.91 Å². The van der Waals surface area contributed by atoms with Crippen LogP contribution in [0.3, 0.4) is 0 Å². The molecule has 0 unspecified atom stereocenters. The van der Waals surface area contributed by atoms with Crippen LogP contribution in [0, 0.1) is 11.7 Å². The molecule has 3 aromatic rings. The number of likely N-dealkylation sites (tertiary alicyclic amines) is 1. The molecule has 1 aliphatic carbocycles. The van der Waals surface area contributed by atoms with Gasteiger partial charge < -0.3 is 9.88 Å². The van der Waals surface area contributed by atoms with E-state index in [1.165, 1.54) is 12.1 Å². The van der Waals surface area contributed by atoms with Crippen molar-refractivity contribution in [2.45, 2.75) is 31.2 Å². The average Bonchev–Trinajstić information content (AvgIpc) is 3.44. The zero-order chi connectivity index (χ0) is 19.3. The molecule has 2 heterocycles. The minimum Gasteiger partial charge on any atom is -0.342 e. The smallest absolute Gasteiger partial charge is 0.326 e. The predicted octanol–water partition coefficient (Wildman–Crippen LogP) is 3.44. The van der Waals surface area contributed by atoms with Crippen LogP contribution in [-0.4, -0.2) is 33.4 Å². The third-order valence-corrected chi connectivity index (χ3v) is 6.17. The van der Waals surface area contributed by atoms with Gasteiger partial charge in [0.05, 0.1) is 11.0 Å². The molecule has 5 rings (SSSR count). The second kappa shape index (κ2) is 6.62. The Morgan fingerprint density at radius 3 is 2.50 bits per heavy atom. The summed E-state index contributed by atoms with van der Waals surface area (Å²) in [5.41, 5.74) is 2.74. The number of amides is 1. The summed E-state index contributed by atoms with van der Waals surface area (Å²) in [7, 11) is 0. The minimum absolute atomic E-state index is 0.0119. The molecule has 2 aromatic carbocycles. The van der Waals surface area contributed by atoms with E-state index in [4.69, 9.17) is 0 Å². The number of piperidine rings is 1. The highest BCUT2D eigenvalue weighted by Gasteiger charge is 2.46. The van der Waals surface area contributed by atoms with Gasteiger partial charge in [-0.2, -0.15) is 0 Å². The van der Waals surface area contributed by atoms with E-state index >= 15 is 0 Å². The lowest BCUT2D eigenvalue weighted by Gasteiger charge is -2.32. The lowest BCUT2D eigenvalue weighted by atomic mass is 10.0. The molecule has 1 saturated heterocycles. The van der Waals surface area contributed by atoms with Crippen molar-refractivity contribution in [2.75, 3.05) is 13.1 Å². The van der Waals surface area contributed by atoms with Crippen molar-refractivity contribution in [1.82, 2.24) is 14.5 Å². The van der Waals surface area contributed by atoms with Gasteiger partial charge in [-0.25, -0.2) is 9.18 Å². The number of nitrogens with one attached hydrogen (secondary N) is 1. The van der Waals surface area contributed by atoms with E-state index in [0.29, 0.717) is 13.1 Å². The minimum atomic E-state index is -0.248. The van der Waals surface area contributed by atoms with Gasteiger partial charge in [0.25, 0.3) is 0 Å². The maximum atomic E-state index is 13.1. The van der Waals surface area contributed by atoms with Gasteiger partial charge in [0.1, 0.15) is 5.82 Å². The summed E-state index contributed by atoms with van der Waals surface area (Å²) in [4.78, 5) is 30.1. The Labute approximate surface area is 161 Å². The second-order valence-electron chi connectivity index (χ2n) is 7.87. The maximum Gasteiger partial charge on any atom is 0.326 e. The van der Waals surface area contributed by atoms with Gasteiger partial charge in [0.15, 0.2) is 0 Å². The summed E-state index contributed by atoms with van der Waals surface area (Å²) in [6.07, 6.45) is 2.40. The molecule has 144 valence electrons. The third-order valence-electron chi connectivity index (χ3n) is 6.17. The number of H-pyrrole nitrogens is 1. The number of hydrogen-bond donors (Lipinski definition) is 1. The lowest BCUT2D eigenvalue weighted by Crippen LogP contribution is -2.41. The molecular weight excluding hydrogens is 357 g/mol. The zero-order valence-electron chi connectivity index (χ0n) is 15.5. The van der Waals surface area contributed by atoms with Crippen LogP contribution in [0.15, 0.2) is 53.3 Å². The zero-order valence-corrected chi connectivity index (χ0v) is 15.5. The number of para-hydroxylation sites is 2. The molecule has 0 spiro atoms. The van der Waals surface area contributed by atoms with Gasteiger partial charge in [-0.3, -0.25) is 9.36 Å². The van der Waals surface area contributed by atoms with Crippen molar-refractivity contribution in [3.8, 4) is 0 Å². The van der Waals surface area contributed by atoms with Crippen LogP contribution >= 0.6 is 0 Å². The SMILES string of the molecule is O=C([C@@H]1C[C@H]1c1ccc(F)cc1)N1CCC(n2c(=O)[nH]c3ccccc32)CC1. The molecule has 0 radical (unpaired) electrons. The summed E-state index contributed by atoms with van der Waals surface area (Å²) in [5.74, 6) is 0.167. The quantitative estimate of drug-likeness (QED) is 0.758. The number of hydrogen-bond acceptors (Lipinski definition) is 2. The third kappa shape index (κ3) is 2.93. The van der Waals surface area contributed by atoms with Crippen LogP contribution in [-0.2, 0) is 4.79 Å². The van der Waals surface area contributed by atoms with Crippen molar-refractivity contribution in [3.63, 3.8) is 0 Å². The van der Waals surface area contributed by atoms with E-state index in [9.17, 15) is 14.0 Å². The fraction of sp³-hybridized carbons (Fsp3) is 0.364. The normalized spacial score (nSPS) is 22.5. The Morgan fingerprint density at radius 1 is 1.04 bits per heavy atom. The Hall–Kier alpha value is -2.89. The molecule has 1 aliphatic heterocycles. The maximum absolute atomic E-state index is 13.1. The molecule has 1 aromatic heterocycles. The van der Waals surface area contributed by atoms with Crippen molar-refractivity contribution >= 4 is 16.9 Å². The topological polar surface area (TPSA) is 58.1 Å². The van der Waals surface area contributed by atoms with Crippen LogP contribution in [0.1, 0.15) is 36.8 Å². The summed E-state index contributed by atoms with van der Waals surface area (Å²) in [5, 5.41) is 0.